The van der Waals surface area contributed by atoms with Gasteiger partial charge in [0.25, 0.3) is 0 Å². The second kappa shape index (κ2) is 9.14. The largest absolute Gasteiger partial charge is 0.308 e. The number of hydrogen-bond donors (Lipinski definition) is 0. The van der Waals surface area contributed by atoms with Crippen molar-refractivity contribution in [2.24, 2.45) is 0 Å². The molecule has 0 spiro atoms. The molecule has 3 heterocycles. The molecule has 0 atom stereocenters. The molecule has 1 heteroatoms. The molecule has 0 fully saturated rings. The number of fused-ring (bicyclic) bond motifs is 2. The Labute approximate surface area is 278 Å². The third kappa shape index (κ3) is 3.50. The lowest BCUT2D eigenvalue weighted by Gasteiger charge is -2.42. The van der Waals surface area contributed by atoms with E-state index in [-0.39, 0.29) is 16.2 Å². The molecule has 1 aliphatic carbocycles. The van der Waals surface area contributed by atoms with Crippen molar-refractivity contribution in [3.63, 3.8) is 0 Å². The van der Waals surface area contributed by atoms with Gasteiger partial charge in [-0.1, -0.05) is 139 Å². The van der Waals surface area contributed by atoms with Crippen molar-refractivity contribution in [3.05, 3.63) is 155 Å². The molecule has 0 unspecified atom stereocenters. The summed E-state index contributed by atoms with van der Waals surface area (Å²) >= 11 is 0. The molecule has 0 radical (unpaired) electrons. The first-order valence-electron chi connectivity index (χ1n) is 17.0. The van der Waals surface area contributed by atoms with Crippen LogP contribution in [0, 0.1) is 0 Å². The standard InChI is InChI=1S/C46H41N/c1-9-10-14-35-27(2)32-23-22-30(25-39(32)44(35,3)4)28-18-20-29(21-19-28)31-24-34-33-13-11-15-36-41(33)47-42(34)40(26-31)46(7,8)38-17-12-16-37(43(38)47)45(36,5)6/h9-26H,1H2,2-8H3/b14-10-. The van der Waals surface area contributed by atoms with E-state index >= 15 is 0 Å². The first kappa shape index (κ1) is 28.4. The van der Waals surface area contributed by atoms with E-state index in [1.165, 1.54) is 94.3 Å². The van der Waals surface area contributed by atoms with Gasteiger partial charge in [0, 0.05) is 27.0 Å². The van der Waals surface area contributed by atoms with Crippen LogP contribution in [0.4, 0.5) is 0 Å². The molecule has 0 saturated heterocycles. The van der Waals surface area contributed by atoms with Gasteiger partial charge in [0.1, 0.15) is 0 Å². The average Bonchev–Trinajstić information content (AvgIpc) is 3.49. The Balaban J connectivity index is 1.19. The van der Waals surface area contributed by atoms with Crippen LogP contribution in [0.25, 0.3) is 55.3 Å². The van der Waals surface area contributed by atoms with Crippen LogP contribution < -0.4 is 0 Å². The first-order chi connectivity index (χ1) is 22.5. The highest BCUT2D eigenvalue weighted by atomic mass is 15.0. The smallest absolute Gasteiger partial charge is 0.0582 e. The van der Waals surface area contributed by atoms with Gasteiger partial charge in [-0.3, -0.25) is 0 Å². The van der Waals surface area contributed by atoms with Crippen molar-refractivity contribution in [2.75, 3.05) is 0 Å². The third-order valence-electron chi connectivity index (χ3n) is 12.0. The molecule has 2 aliphatic heterocycles. The monoisotopic (exact) mass is 607 g/mol. The number of benzene rings is 5. The molecule has 3 aliphatic rings. The molecular weight excluding hydrogens is 567 g/mol. The lowest BCUT2D eigenvalue weighted by Crippen LogP contribution is -2.33. The molecule has 0 N–H and O–H groups in total. The molecule has 1 nitrogen and oxygen atoms in total. The lowest BCUT2D eigenvalue weighted by molar-refractivity contribution is 0.594. The van der Waals surface area contributed by atoms with E-state index in [4.69, 9.17) is 0 Å². The lowest BCUT2D eigenvalue weighted by atomic mass is 9.68. The summed E-state index contributed by atoms with van der Waals surface area (Å²) in [7, 11) is 0. The molecule has 47 heavy (non-hydrogen) atoms. The van der Waals surface area contributed by atoms with Crippen LogP contribution in [0.3, 0.4) is 0 Å². The summed E-state index contributed by atoms with van der Waals surface area (Å²) in [5.41, 5.74) is 20.1. The Kier molecular flexibility index (Phi) is 5.51. The van der Waals surface area contributed by atoms with Crippen molar-refractivity contribution >= 4 is 27.4 Å². The molecule has 230 valence electrons. The van der Waals surface area contributed by atoms with Crippen LogP contribution in [-0.2, 0) is 16.2 Å². The zero-order valence-electron chi connectivity index (χ0n) is 28.5. The van der Waals surface area contributed by atoms with Gasteiger partial charge < -0.3 is 4.57 Å². The Morgan fingerprint density at radius 1 is 0.553 bits per heavy atom. The molecule has 9 rings (SSSR count). The second-order valence-corrected chi connectivity index (χ2v) is 15.5. The van der Waals surface area contributed by atoms with Gasteiger partial charge in [0.05, 0.1) is 16.7 Å². The highest BCUT2D eigenvalue weighted by Gasteiger charge is 2.43. The van der Waals surface area contributed by atoms with Gasteiger partial charge in [-0.05, 0) is 91.9 Å². The van der Waals surface area contributed by atoms with Crippen LogP contribution in [-0.4, -0.2) is 4.57 Å². The Morgan fingerprint density at radius 2 is 1.13 bits per heavy atom. The summed E-state index contributed by atoms with van der Waals surface area (Å²) in [6.45, 7) is 20.4. The number of nitrogens with zero attached hydrogens (tertiary/aromatic N) is 1. The van der Waals surface area contributed by atoms with Crippen LogP contribution in [0.2, 0.25) is 0 Å². The Bertz CT molecular complexity index is 2430. The highest BCUT2D eigenvalue weighted by molar-refractivity contribution is 6.15. The molecule has 6 aromatic rings. The molecule has 5 aromatic carbocycles. The number of rotatable bonds is 4. The number of aromatic nitrogens is 1. The van der Waals surface area contributed by atoms with Crippen molar-refractivity contribution < 1.29 is 0 Å². The SMILES string of the molecule is C=C/C=C\C1=C(C)c2ccc(-c3ccc(-c4cc5c6c(c4)c4cccc7c4n6-c4c(cccc4C5(C)C)C7(C)C)cc3)cc2C1(C)C. The predicted molar refractivity (Wildman–Crippen MR) is 201 cm³/mol. The molecule has 1 aromatic heterocycles. The Hall–Kier alpha value is -4.88. The Morgan fingerprint density at radius 3 is 1.83 bits per heavy atom. The van der Waals surface area contributed by atoms with Crippen molar-refractivity contribution in [2.45, 2.75) is 64.7 Å². The van der Waals surface area contributed by atoms with E-state index in [9.17, 15) is 0 Å². The number of hydrogen-bond acceptors (Lipinski definition) is 0. The molecule has 0 saturated carbocycles. The maximum absolute atomic E-state index is 3.88. The maximum atomic E-state index is 3.88. The summed E-state index contributed by atoms with van der Waals surface area (Å²) in [6.07, 6.45) is 6.14. The minimum absolute atomic E-state index is 0.0480. The van der Waals surface area contributed by atoms with E-state index in [1.54, 1.807) is 0 Å². The van der Waals surface area contributed by atoms with Gasteiger partial charge in [-0.25, -0.2) is 0 Å². The van der Waals surface area contributed by atoms with Crippen LogP contribution in [0.1, 0.15) is 81.8 Å². The number of para-hydroxylation sites is 2. The number of allylic oxidation sites excluding steroid dienone is 5. The molecular formula is C46H41N. The van der Waals surface area contributed by atoms with Gasteiger partial charge in [0.15, 0.2) is 0 Å². The average molecular weight is 608 g/mol. The summed E-state index contributed by atoms with van der Waals surface area (Å²) in [4.78, 5) is 0. The third-order valence-corrected chi connectivity index (χ3v) is 12.0. The van der Waals surface area contributed by atoms with E-state index in [0.717, 1.165) is 0 Å². The highest BCUT2D eigenvalue weighted by Crippen LogP contribution is 2.56. The fourth-order valence-corrected chi connectivity index (χ4v) is 9.33. The van der Waals surface area contributed by atoms with Crippen molar-refractivity contribution in [1.82, 2.24) is 4.57 Å². The quantitative estimate of drug-likeness (QED) is 0.176. The minimum atomic E-state index is -0.124. The van der Waals surface area contributed by atoms with Crippen LogP contribution in [0.5, 0.6) is 0 Å². The van der Waals surface area contributed by atoms with E-state index < -0.39 is 0 Å². The van der Waals surface area contributed by atoms with Gasteiger partial charge in [-0.2, -0.15) is 0 Å². The summed E-state index contributed by atoms with van der Waals surface area (Å²) in [5.74, 6) is 0. The fraction of sp³-hybridized carbons (Fsp3) is 0.217. The molecule has 0 amide bonds. The van der Waals surface area contributed by atoms with E-state index in [2.05, 4.69) is 163 Å². The summed E-state index contributed by atoms with van der Waals surface area (Å²) in [6, 6.07) is 35.1. The summed E-state index contributed by atoms with van der Waals surface area (Å²) in [5, 5.41) is 2.71. The van der Waals surface area contributed by atoms with E-state index in [0.29, 0.717) is 0 Å². The minimum Gasteiger partial charge on any atom is -0.308 e. The fourth-order valence-electron chi connectivity index (χ4n) is 9.33. The van der Waals surface area contributed by atoms with Gasteiger partial charge >= 0.3 is 0 Å². The second-order valence-electron chi connectivity index (χ2n) is 15.5. The predicted octanol–water partition coefficient (Wildman–Crippen LogP) is 12.2. The topological polar surface area (TPSA) is 4.93 Å². The normalized spacial score (nSPS) is 17.7. The first-order valence-corrected chi connectivity index (χ1v) is 17.0. The van der Waals surface area contributed by atoms with Crippen LogP contribution >= 0.6 is 0 Å². The van der Waals surface area contributed by atoms with Crippen LogP contribution in [0.15, 0.2) is 121 Å². The van der Waals surface area contributed by atoms with Crippen molar-refractivity contribution in [1.29, 1.82) is 0 Å². The maximum Gasteiger partial charge on any atom is 0.0582 e. The molecule has 0 bridgehead atoms. The van der Waals surface area contributed by atoms with Gasteiger partial charge in [0.2, 0.25) is 0 Å². The summed E-state index contributed by atoms with van der Waals surface area (Å²) < 4.78 is 2.61. The zero-order valence-corrected chi connectivity index (χ0v) is 28.5. The van der Waals surface area contributed by atoms with Gasteiger partial charge in [-0.15, -0.1) is 0 Å². The van der Waals surface area contributed by atoms with Crippen molar-refractivity contribution in [3.8, 4) is 27.9 Å². The zero-order chi connectivity index (χ0) is 32.6. The van der Waals surface area contributed by atoms with E-state index in [1.807, 2.05) is 6.08 Å².